The lowest BCUT2D eigenvalue weighted by atomic mass is 9.55. The van der Waals surface area contributed by atoms with Gasteiger partial charge in [-0.1, -0.05) is 13.8 Å². The molecule has 0 saturated heterocycles. The Kier molecular flexibility index (Phi) is 5.34. The molecule has 8 bridgehead atoms. The van der Waals surface area contributed by atoms with E-state index in [1.165, 1.54) is 44.9 Å². The first-order valence-electron chi connectivity index (χ1n) is 14.5. The molecule has 0 aromatic carbocycles. The second-order valence-electron chi connectivity index (χ2n) is 13.5. The van der Waals surface area contributed by atoms with E-state index >= 15 is 0 Å². The number of carbonyl (C=O) groups is 2. The summed E-state index contributed by atoms with van der Waals surface area (Å²) in [4.78, 5) is 25.6. The number of hydrogen-bond donors (Lipinski definition) is 0. The van der Waals surface area contributed by atoms with Crippen LogP contribution in [0.4, 0.5) is 0 Å². The SMILES string of the molecule is CCC(C)C(=O)OC1CC2CC1C1C3CC(CC3C(=O)OCOC3C4CC5CC(C4)CC3C5)C21. The highest BCUT2D eigenvalue weighted by atomic mass is 16.7. The van der Waals surface area contributed by atoms with E-state index in [-0.39, 0.29) is 36.7 Å². The van der Waals surface area contributed by atoms with Crippen LogP contribution in [0.1, 0.15) is 78.1 Å². The maximum atomic E-state index is 13.2. The van der Waals surface area contributed by atoms with Crippen molar-refractivity contribution < 1.29 is 23.8 Å². The van der Waals surface area contributed by atoms with Crippen LogP contribution in [0, 0.1) is 71.0 Å². The molecule has 0 radical (unpaired) electrons. The monoisotopic (exact) mass is 470 g/mol. The summed E-state index contributed by atoms with van der Waals surface area (Å²) in [5.74, 6) is 6.75. The highest BCUT2D eigenvalue weighted by Crippen LogP contribution is 2.69. The van der Waals surface area contributed by atoms with E-state index < -0.39 is 0 Å². The topological polar surface area (TPSA) is 61.8 Å². The molecule has 8 aliphatic rings. The van der Waals surface area contributed by atoms with Crippen LogP contribution < -0.4 is 0 Å². The molecule has 188 valence electrons. The summed E-state index contributed by atoms with van der Waals surface area (Å²) < 4.78 is 18.1. The first-order valence-corrected chi connectivity index (χ1v) is 14.5. The van der Waals surface area contributed by atoms with Gasteiger partial charge in [0.05, 0.1) is 17.9 Å². The van der Waals surface area contributed by atoms with Gasteiger partial charge in [0.15, 0.2) is 6.79 Å². The van der Waals surface area contributed by atoms with Crippen LogP contribution in [0.25, 0.3) is 0 Å². The van der Waals surface area contributed by atoms with Crippen LogP contribution in [-0.2, 0) is 23.8 Å². The Morgan fingerprint density at radius 2 is 1.47 bits per heavy atom. The maximum absolute atomic E-state index is 13.2. The zero-order chi connectivity index (χ0) is 23.1. The third-order valence-corrected chi connectivity index (χ3v) is 11.9. The number of fused-ring (bicyclic) bond motifs is 9. The molecule has 0 aromatic heterocycles. The summed E-state index contributed by atoms with van der Waals surface area (Å²) in [5, 5.41) is 0. The van der Waals surface area contributed by atoms with Gasteiger partial charge in [-0.25, -0.2) is 0 Å². The molecule has 9 atom stereocenters. The average Bonchev–Trinajstić information content (AvgIpc) is 3.58. The highest BCUT2D eigenvalue weighted by Gasteiger charge is 2.66. The molecular formula is C29H42O5. The van der Waals surface area contributed by atoms with Gasteiger partial charge >= 0.3 is 11.9 Å². The Morgan fingerprint density at radius 3 is 2.18 bits per heavy atom. The van der Waals surface area contributed by atoms with Gasteiger partial charge in [-0.05, 0) is 123 Å². The summed E-state index contributed by atoms with van der Waals surface area (Å²) in [5.41, 5.74) is 0. The lowest BCUT2D eigenvalue weighted by Crippen LogP contribution is -2.49. The molecule has 5 nitrogen and oxygen atoms in total. The van der Waals surface area contributed by atoms with Crippen molar-refractivity contribution in [1.82, 2.24) is 0 Å². The van der Waals surface area contributed by atoms with Crippen LogP contribution in [-0.4, -0.2) is 30.9 Å². The molecule has 5 heteroatoms. The van der Waals surface area contributed by atoms with Gasteiger partial charge in [0, 0.05) is 0 Å². The highest BCUT2D eigenvalue weighted by molar-refractivity contribution is 5.74. The number of carbonyl (C=O) groups excluding carboxylic acids is 2. The fraction of sp³-hybridized carbons (Fsp3) is 0.931. The second-order valence-corrected chi connectivity index (χ2v) is 13.5. The van der Waals surface area contributed by atoms with Crippen LogP contribution >= 0.6 is 0 Å². The largest absolute Gasteiger partial charge is 0.462 e. The number of esters is 2. The molecule has 34 heavy (non-hydrogen) atoms. The first kappa shape index (κ1) is 22.1. The number of rotatable bonds is 7. The van der Waals surface area contributed by atoms with Crippen molar-refractivity contribution in [2.24, 2.45) is 71.0 Å². The van der Waals surface area contributed by atoms with Crippen molar-refractivity contribution in [2.45, 2.75) is 90.3 Å². The Morgan fingerprint density at radius 1 is 0.794 bits per heavy atom. The summed E-state index contributed by atoms with van der Waals surface area (Å²) in [6.45, 7) is 4.16. The molecule has 0 amide bonds. The standard InChI is InChI=1S/C29H42O5/c1-3-14(2)28(30)34-24-12-18-11-23(24)26-21-9-17(25(18)26)10-22(21)29(31)33-13-32-27-19-5-15-4-16(7-19)8-20(27)6-15/h14-27H,3-13H2,1-2H3. The normalized spacial score (nSPS) is 52.1. The van der Waals surface area contributed by atoms with Crippen molar-refractivity contribution in [3.63, 3.8) is 0 Å². The van der Waals surface area contributed by atoms with Crippen LogP contribution in [0.3, 0.4) is 0 Å². The predicted octanol–water partition coefficient (Wildman–Crippen LogP) is 5.21. The van der Waals surface area contributed by atoms with Crippen molar-refractivity contribution in [3.05, 3.63) is 0 Å². The van der Waals surface area contributed by atoms with Crippen molar-refractivity contribution in [2.75, 3.05) is 6.79 Å². The number of ether oxygens (including phenoxy) is 3. The first-order chi connectivity index (χ1) is 16.5. The third-order valence-electron chi connectivity index (χ3n) is 11.9. The third kappa shape index (κ3) is 3.34. The lowest BCUT2D eigenvalue weighted by molar-refractivity contribution is -0.192. The van der Waals surface area contributed by atoms with Gasteiger partial charge in [-0.3, -0.25) is 9.59 Å². The van der Waals surface area contributed by atoms with Gasteiger partial charge < -0.3 is 14.2 Å². The minimum atomic E-state index is -0.0300. The average molecular weight is 471 g/mol. The van der Waals surface area contributed by atoms with E-state index in [0.29, 0.717) is 47.5 Å². The molecule has 0 N–H and O–H groups in total. The smallest absolute Gasteiger partial charge is 0.311 e. The minimum Gasteiger partial charge on any atom is -0.462 e. The maximum Gasteiger partial charge on any atom is 0.311 e. The van der Waals surface area contributed by atoms with Crippen molar-refractivity contribution in [3.8, 4) is 0 Å². The van der Waals surface area contributed by atoms with E-state index in [0.717, 1.165) is 37.0 Å². The molecule has 0 aliphatic heterocycles. The molecule has 8 rings (SSSR count). The van der Waals surface area contributed by atoms with Gasteiger partial charge in [0.25, 0.3) is 0 Å². The molecule has 9 unspecified atom stereocenters. The Bertz CT molecular complexity index is 810. The second kappa shape index (κ2) is 8.21. The summed E-state index contributed by atoms with van der Waals surface area (Å²) in [6, 6.07) is 0. The van der Waals surface area contributed by atoms with E-state index in [9.17, 15) is 9.59 Å². The van der Waals surface area contributed by atoms with Gasteiger partial charge in [-0.15, -0.1) is 0 Å². The molecule has 0 spiro atoms. The van der Waals surface area contributed by atoms with E-state index in [2.05, 4.69) is 0 Å². The fourth-order valence-electron chi connectivity index (χ4n) is 10.8. The summed E-state index contributed by atoms with van der Waals surface area (Å²) in [7, 11) is 0. The van der Waals surface area contributed by atoms with Gasteiger partial charge in [0.1, 0.15) is 6.10 Å². The zero-order valence-electron chi connectivity index (χ0n) is 20.9. The van der Waals surface area contributed by atoms with Crippen LogP contribution in [0.5, 0.6) is 0 Å². The molecule has 8 fully saturated rings. The summed E-state index contributed by atoms with van der Waals surface area (Å²) >= 11 is 0. The van der Waals surface area contributed by atoms with Crippen molar-refractivity contribution in [1.29, 1.82) is 0 Å². The lowest BCUT2D eigenvalue weighted by Gasteiger charge is -2.53. The molecule has 0 aromatic rings. The Labute approximate surface area is 204 Å². The molecule has 8 saturated carbocycles. The molecule has 8 aliphatic carbocycles. The van der Waals surface area contributed by atoms with Gasteiger partial charge in [0.2, 0.25) is 0 Å². The Hall–Kier alpha value is -1.10. The quantitative estimate of drug-likeness (QED) is 0.290. The van der Waals surface area contributed by atoms with Crippen LogP contribution in [0.2, 0.25) is 0 Å². The predicted molar refractivity (Wildman–Crippen MR) is 125 cm³/mol. The Balaban J connectivity index is 0.950. The molecule has 0 heterocycles. The van der Waals surface area contributed by atoms with Gasteiger partial charge in [-0.2, -0.15) is 0 Å². The summed E-state index contributed by atoms with van der Waals surface area (Å²) in [6.07, 6.45) is 12.4. The van der Waals surface area contributed by atoms with Crippen LogP contribution in [0.15, 0.2) is 0 Å². The molecular weight excluding hydrogens is 428 g/mol. The van der Waals surface area contributed by atoms with Crippen molar-refractivity contribution >= 4 is 11.9 Å². The zero-order valence-corrected chi connectivity index (χ0v) is 20.9. The fourth-order valence-corrected chi connectivity index (χ4v) is 10.8. The minimum absolute atomic E-state index is 0.0211. The number of hydrogen-bond acceptors (Lipinski definition) is 5. The van der Waals surface area contributed by atoms with E-state index in [1.54, 1.807) is 0 Å². The van der Waals surface area contributed by atoms with E-state index in [1.807, 2.05) is 13.8 Å². The van der Waals surface area contributed by atoms with E-state index in [4.69, 9.17) is 14.2 Å².